The lowest BCUT2D eigenvalue weighted by atomic mass is 10.1. The fourth-order valence-corrected chi connectivity index (χ4v) is 2.83. The Kier molecular flexibility index (Phi) is 7.41. The van der Waals surface area contributed by atoms with Crippen LogP contribution in [0.25, 0.3) is 0 Å². The van der Waals surface area contributed by atoms with Crippen molar-refractivity contribution in [2.75, 3.05) is 6.54 Å². The van der Waals surface area contributed by atoms with Crippen LogP contribution in [0.2, 0.25) is 0 Å². The molecular formula is C24H24N2O3. The quantitative estimate of drug-likeness (QED) is 0.591. The highest BCUT2D eigenvalue weighted by molar-refractivity contribution is 5.85. The molecule has 2 amide bonds. The van der Waals surface area contributed by atoms with E-state index in [4.69, 9.17) is 4.74 Å². The summed E-state index contributed by atoms with van der Waals surface area (Å²) < 4.78 is 5.81. The number of carbonyl (C=O) groups excluding carboxylic acids is 2. The lowest BCUT2D eigenvalue weighted by molar-refractivity contribution is -0.125. The minimum Gasteiger partial charge on any atom is -0.489 e. The standard InChI is InChI=1S/C24H24N2O3/c27-23(15-19-9-3-1-4-10-19)26-17-24(28)25-16-20-11-7-8-12-21(20)18-29-22-13-5-2-6-14-22/h1-14H,15-18H2,(H,25,28)(H,26,27). The topological polar surface area (TPSA) is 67.4 Å². The van der Waals surface area contributed by atoms with Gasteiger partial charge in [0, 0.05) is 6.54 Å². The Bertz CT molecular complexity index is 927. The highest BCUT2D eigenvalue weighted by Gasteiger charge is 2.08. The number of rotatable bonds is 9. The van der Waals surface area contributed by atoms with Crippen LogP contribution in [0.4, 0.5) is 0 Å². The normalized spacial score (nSPS) is 10.2. The molecule has 0 radical (unpaired) electrons. The summed E-state index contributed by atoms with van der Waals surface area (Å²) in [4.78, 5) is 24.1. The van der Waals surface area contributed by atoms with Crippen molar-refractivity contribution in [2.45, 2.75) is 19.6 Å². The Balaban J connectivity index is 1.44. The highest BCUT2D eigenvalue weighted by atomic mass is 16.5. The summed E-state index contributed by atoms with van der Waals surface area (Å²) in [5.41, 5.74) is 2.90. The van der Waals surface area contributed by atoms with Crippen LogP contribution >= 0.6 is 0 Å². The number of para-hydroxylation sites is 1. The van der Waals surface area contributed by atoms with Gasteiger partial charge in [0.25, 0.3) is 0 Å². The van der Waals surface area contributed by atoms with Crippen LogP contribution in [0.15, 0.2) is 84.9 Å². The van der Waals surface area contributed by atoms with Crippen LogP contribution in [0.3, 0.4) is 0 Å². The van der Waals surface area contributed by atoms with Crippen molar-refractivity contribution < 1.29 is 14.3 Å². The molecule has 5 nitrogen and oxygen atoms in total. The minimum absolute atomic E-state index is 0.0473. The number of ether oxygens (including phenoxy) is 1. The minimum atomic E-state index is -0.231. The largest absolute Gasteiger partial charge is 0.489 e. The Hall–Kier alpha value is -3.60. The molecule has 0 unspecified atom stereocenters. The molecule has 29 heavy (non-hydrogen) atoms. The van der Waals surface area contributed by atoms with Crippen LogP contribution in [-0.4, -0.2) is 18.4 Å². The van der Waals surface area contributed by atoms with Gasteiger partial charge in [0.2, 0.25) is 11.8 Å². The summed E-state index contributed by atoms with van der Waals surface area (Å²) in [6, 6.07) is 26.8. The van der Waals surface area contributed by atoms with Gasteiger partial charge in [0.1, 0.15) is 12.4 Å². The predicted octanol–water partition coefficient (Wildman–Crippen LogP) is 3.24. The summed E-state index contributed by atoms with van der Waals surface area (Å²) in [5.74, 6) is 0.390. The van der Waals surface area contributed by atoms with Gasteiger partial charge in [-0.15, -0.1) is 0 Å². The molecule has 0 aliphatic carbocycles. The molecule has 0 atom stereocenters. The van der Waals surface area contributed by atoms with Gasteiger partial charge in [-0.25, -0.2) is 0 Å². The van der Waals surface area contributed by atoms with Crippen LogP contribution in [-0.2, 0) is 29.2 Å². The Labute approximate surface area is 170 Å². The Morgan fingerprint density at radius 1 is 0.690 bits per heavy atom. The number of benzene rings is 3. The molecule has 0 aromatic heterocycles. The van der Waals surface area contributed by atoms with Crippen molar-refractivity contribution in [2.24, 2.45) is 0 Å². The van der Waals surface area contributed by atoms with Gasteiger partial charge in [0.05, 0.1) is 13.0 Å². The molecule has 0 aliphatic heterocycles. The van der Waals surface area contributed by atoms with E-state index < -0.39 is 0 Å². The van der Waals surface area contributed by atoms with Gasteiger partial charge in [-0.1, -0.05) is 72.8 Å². The van der Waals surface area contributed by atoms with Crippen LogP contribution in [0, 0.1) is 0 Å². The average molecular weight is 388 g/mol. The Morgan fingerprint density at radius 2 is 1.31 bits per heavy atom. The van der Waals surface area contributed by atoms with Crippen LogP contribution in [0.5, 0.6) is 5.75 Å². The molecule has 2 N–H and O–H groups in total. The number of nitrogens with one attached hydrogen (secondary N) is 2. The number of amides is 2. The SMILES string of the molecule is O=C(CNC(=O)Cc1ccccc1)NCc1ccccc1COc1ccccc1. The van der Waals surface area contributed by atoms with E-state index in [2.05, 4.69) is 10.6 Å². The van der Waals surface area contributed by atoms with Gasteiger partial charge < -0.3 is 15.4 Å². The highest BCUT2D eigenvalue weighted by Crippen LogP contribution is 2.14. The molecule has 3 aromatic rings. The molecule has 0 heterocycles. The van der Waals surface area contributed by atoms with Gasteiger partial charge in [-0.05, 0) is 28.8 Å². The van der Waals surface area contributed by atoms with Gasteiger partial charge in [0.15, 0.2) is 0 Å². The van der Waals surface area contributed by atoms with Gasteiger partial charge >= 0.3 is 0 Å². The average Bonchev–Trinajstić information content (AvgIpc) is 2.77. The molecule has 0 saturated heterocycles. The Morgan fingerprint density at radius 3 is 2.03 bits per heavy atom. The molecule has 0 aliphatic rings. The van der Waals surface area contributed by atoms with Gasteiger partial charge in [-0.3, -0.25) is 9.59 Å². The molecule has 5 heteroatoms. The van der Waals surface area contributed by atoms with E-state index >= 15 is 0 Å². The first-order chi connectivity index (χ1) is 14.2. The zero-order chi connectivity index (χ0) is 20.3. The van der Waals surface area contributed by atoms with Crippen molar-refractivity contribution in [3.8, 4) is 5.75 Å². The second kappa shape index (κ2) is 10.7. The summed E-state index contributed by atoms with van der Waals surface area (Å²) in [6.07, 6.45) is 0.258. The van der Waals surface area contributed by atoms with E-state index in [1.54, 1.807) is 0 Å². The predicted molar refractivity (Wildman–Crippen MR) is 112 cm³/mol. The molecule has 148 valence electrons. The zero-order valence-electron chi connectivity index (χ0n) is 16.1. The summed E-state index contributed by atoms with van der Waals surface area (Å²) in [5, 5.41) is 5.50. The summed E-state index contributed by atoms with van der Waals surface area (Å²) >= 11 is 0. The molecule has 0 saturated carbocycles. The fourth-order valence-electron chi connectivity index (χ4n) is 2.83. The monoisotopic (exact) mass is 388 g/mol. The third kappa shape index (κ3) is 6.81. The molecule has 0 fully saturated rings. The van der Waals surface area contributed by atoms with Crippen molar-refractivity contribution in [3.05, 3.63) is 102 Å². The zero-order valence-corrected chi connectivity index (χ0v) is 16.1. The third-order valence-electron chi connectivity index (χ3n) is 4.39. The van der Waals surface area contributed by atoms with E-state index in [0.29, 0.717) is 13.2 Å². The van der Waals surface area contributed by atoms with E-state index in [0.717, 1.165) is 22.4 Å². The fraction of sp³-hybridized carbons (Fsp3) is 0.167. The van der Waals surface area contributed by atoms with E-state index in [-0.39, 0.29) is 24.8 Å². The molecule has 3 aromatic carbocycles. The van der Waals surface area contributed by atoms with Crippen molar-refractivity contribution >= 4 is 11.8 Å². The first-order valence-corrected chi connectivity index (χ1v) is 9.52. The second-order valence-corrected chi connectivity index (χ2v) is 6.59. The number of hydrogen-bond acceptors (Lipinski definition) is 3. The maximum Gasteiger partial charge on any atom is 0.239 e. The van der Waals surface area contributed by atoms with E-state index in [9.17, 15) is 9.59 Å². The lowest BCUT2D eigenvalue weighted by Crippen LogP contribution is -2.37. The summed E-state index contributed by atoms with van der Waals surface area (Å²) in [7, 11) is 0. The first kappa shape index (κ1) is 20.1. The second-order valence-electron chi connectivity index (χ2n) is 6.59. The van der Waals surface area contributed by atoms with Crippen molar-refractivity contribution in [1.82, 2.24) is 10.6 Å². The van der Waals surface area contributed by atoms with E-state index in [1.807, 2.05) is 84.9 Å². The third-order valence-corrected chi connectivity index (χ3v) is 4.39. The first-order valence-electron chi connectivity index (χ1n) is 9.52. The molecule has 0 spiro atoms. The molecular weight excluding hydrogens is 364 g/mol. The van der Waals surface area contributed by atoms with Crippen molar-refractivity contribution in [1.29, 1.82) is 0 Å². The van der Waals surface area contributed by atoms with Crippen LogP contribution < -0.4 is 15.4 Å². The maximum absolute atomic E-state index is 12.1. The molecule has 0 bridgehead atoms. The van der Waals surface area contributed by atoms with Gasteiger partial charge in [-0.2, -0.15) is 0 Å². The lowest BCUT2D eigenvalue weighted by Gasteiger charge is -2.12. The van der Waals surface area contributed by atoms with Crippen molar-refractivity contribution in [3.63, 3.8) is 0 Å². The van der Waals surface area contributed by atoms with Crippen LogP contribution in [0.1, 0.15) is 16.7 Å². The number of hydrogen-bond donors (Lipinski definition) is 2. The van der Waals surface area contributed by atoms with E-state index in [1.165, 1.54) is 0 Å². The number of carbonyl (C=O) groups is 2. The summed E-state index contributed by atoms with van der Waals surface area (Å²) in [6.45, 7) is 0.750. The smallest absolute Gasteiger partial charge is 0.239 e. The maximum atomic E-state index is 12.1. The molecule has 3 rings (SSSR count).